The van der Waals surface area contributed by atoms with E-state index in [1.165, 1.54) is 6.20 Å². The highest BCUT2D eigenvalue weighted by atomic mass is 16.5. The molecular weight excluding hydrogens is 288 g/mol. The van der Waals surface area contributed by atoms with Crippen LogP contribution < -0.4 is 10.1 Å². The summed E-state index contributed by atoms with van der Waals surface area (Å²) in [5.41, 5.74) is 0.410. The Bertz CT molecular complexity index is 424. The van der Waals surface area contributed by atoms with Crippen LogP contribution in [0.15, 0.2) is 18.3 Å². The van der Waals surface area contributed by atoms with Gasteiger partial charge in [0.05, 0.1) is 38.1 Å². The van der Waals surface area contributed by atoms with Crippen LogP contribution in [-0.2, 0) is 9.47 Å². The van der Waals surface area contributed by atoms with Crippen molar-refractivity contribution >= 4 is 5.91 Å². The number of carbonyl (C=O) groups excluding carboxylic acids is 1. The van der Waals surface area contributed by atoms with E-state index in [1.807, 2.05) is 13.8 Å². The van der Waals surface area contributed by atoms with E-state index in [-0.39, 0.29) is 19.1 Å². The number of pyridine rings is 1. The molecule has 2 N–H and O–H groups in total. The zero-order valence-corrected chi connectivity index (χ0v) is 13.1. The molecule has 22 heavy (non-hydrogen) atoms. The number of nitrogens with zero attached hydrogens (tertiary/aromatic N) is 1. The highest BCUT2D eigenvalue weighted by molar-refractivity contribution is 5.93. The molecule has 0 saturated carbocycles. The maximum atomic E-state index is 11.9. The SMILES string of the molecule is CCOCCOCC(O)CNC(=O)c1ccc(OCC)nc1. The predicted molar refractivity (Wildman–Crippen MR) is 81.1 cm³/mol. The van der Waals surface area contributed by atoms with E-state index in [0.717, 1.165) is 0 Å². The van der Waals surface area contributed by atoms with Gasteiger partial charge in [0.25, 0.3) is 5.91 Å². The molecule has 0 aromatic carbocycles. The lowest BCUT2D eigenvalue weighted by Crippen LogP contribution is -2.34. The van der Waals surface area contributed by atoms with Gasteiger partial charge in [0.15, 0.2) is 0 Å². The van der Waals surface area contributed by atoms with Gasteiger partial charge >= 0.3 is 0 Å². The van der Waals surface area contributed by atoms with Gasteiger partial charge in [0.2, 0.25) is 5.88 Å². The molecule has 124 valence electrons. The van der Waals surface area contributed by atoms with Gasteiger partial charge in [-0.1, -0.05) is 0 Å². The Labute approximate surface area is 130 Å². The molecule has 1 aromatic rings. The Hall–Kier alpha value is -1.70. The number of aliphatic hydroxyl groups is 1. The quantitative estimate of drug-likeness (QED) is 0.582. The van der Waals surface area contributed by atoms with Crippen molar-refractivity contribution in [2.75, 3.05) is 39.6 Å². The van der Waals surface area contributed by atoms with Crippen LogP contribution in [0.3, 0.4) is 0 Å². The number of aromatic nitrogens is 1. The van der Waals surface area contributed by atoms with E-state index in [9.17, 15) is 9.90 Å². The van der Waals surface area contributed by atoms with Crippen molar-refractivity contribution in [1.82, 2.24) is 10.3 Å². The van der Waals surface area contributed by atoms with Crippen molar-refractivity contribution in [3.63, 3.8) is 0 Å². The Morgan fingerprint density at radius 3 is 2.68 bits per heavy atom. The minimum Gasteiger partial charge on any atom is -0.478 e. The van der Waals surface area contributed by atoms with Crippen LogP contribution in [-0.4, -0.2) is 61.7 Å². The predicted octanol–water partition coefficient (Wildman–Crippen LogP) is 0.624. The average Bonchev–Trinajstić information content (AvgIpc) is 2.53. The fourth-order valence-electron chi connectivity index (χ4n) is 1.60. The summed E-state index contributed by atoms with van der Waals surface area (Å²) in [5.74, 6) is 0.172. The molecule has 0 saturated heterocycles. The second-order valence-corrected chi connectivity index (χ2v) is 4.45. The Balaban J connectivity index is 2.24. The van der Waals surface area contributed by atoms with Crippen LogP contribution >= 0.6 is 0 Å². The average molecular weight is 312 g/mol. The molecule has 1 heterocycles. The molecule has 0 aliphatic rings. The van der Waals surface area contributed by atoms with Crippen LogP contribution in [0.4, 0.5) is 0 Å². The van der Waals surface area contributed by atoms with Crippen LogP contribution in [0.5, 0.6) is 5.88 Å². The molecule has 0 fully saturated rings. The highest BCUT2D eigenvalue weighted by Gasteiger charge is 2.10. The fourth-order valence-corrected chi connectivity index (χ4v) is 1.60. The smallest absolute Gasteiger partial charge is 0.252 e. The molecule has 0 spiro atoms. The van der Waals surface area contributed by atoms with Crippen LogP contribution in [0.2, 0.25) is 0 Å². The van der Waals surface area contributed by atoms with Crippen molar-refractivity contribution in [2.24, 2.45) is 0 Å². The Kier molecular flexibility index (Phi) is 9.13. The molecule has 7 nitrogen and oxygen atoms in total. The van der Waals surface area contributed by atoms with E-state index in [2.05, 4.69) is 10.3 Å². The van der Waals surface area contributed by atoms with Gasteiger partial charge < -0.3 is 24.6 Å². The molecular formula is C15H24N2O5. The van der Waals surface area contributed by atoms with E-state index in [1.54, 1.807) is 12.1 Å². The second kappa shape index (κ2) is 10.9. The third-order valence-electron chi connectivity index (χ3n) is 2.68. The maximum Gasteiger partial charge on any atom is 0.252 e. The van der Waals surface area contributed by atoms with Crippen LogP contribution in [0.1, 0.15) is 24.2 Å². The van der Waals surface area contributed by atoms with Crippen molar-refractivity contribution in [1.29, 1.82) is 0 Å². The zero-order chi connectivity index (χ0) is 16.2. The zero-order valence-electron chi connectivity index (χ0n) is 13.1. The Morgan fingerprint density at radius 2 is 2.05 bits per heavy atom. The van der Waals surface area contributed by atoms with Crippen molar-refractivity contribution in [3.8, 4) is 5.88 Å². The third kappa shape index (κ3) is 7.35. The summed E-state index contributed by atoms with van der Waals surface area (Å²) in [6, 6.07) is 3.25. The third-order valence-corrected chi connectivity index (χ3v) is 2.68. The van der Waals surface area contributed by atoms with Crippen LogP contribution in [0, 0.1) is 0 Å². The van der Waals surface area contributed by atoms with Gasteiger partial charge in [0.1, 0.15) is 0 Å². The van der Waals surface area contributed by atoms with E-state index >= 15 is 0 Å². The normalized spacial score (nSPS) is 12.0. The lowest BCUT2D eigenvalue weighted by atomic mass is 10.2. The molecule has 7 heteroatoms. The topological polar surface area (TPSA) is 89.9 Å². The number of rotatable bonds is 11. The minimum atomic E-state index is -0.763. The van der Waals surface area contributed by atoms with E-state index in [4.69, 9.17) is 14.2 Å². The molecule has 0 bridgehead atoms. The lowest BCUT2D eigenvalue weighted by molar-refractivity contribution is 0.00663. The number of hydrogen-bond donors (Lipinski definition) is 2. The summed E-state index contributed by atoms with van der Waals surface area (Å²) in [6.07, 6.45) is 0.673. The highest BCUT2D eigenvalue weighted by Crippen LogP contribution is 2.07. The van der Waals surface area contributed by atoms with Gasteiger partial charge in [-0.15, -0.1) is 0 Å². The maximum absolute atomic E-state index is 11.9. The fraction of sp³-hybridized carbons (Fsp3) is 0.600. The van der Waals surface area contributed by atoms with Crippen LogP contribution in [0.25, 0.3) is 0 Å². The molecule has 0 radical (unpaired) electrons. The summed E-state index contributed by atoms with van der Waals surface area (Å²) in [6.45, 7) is 6.09. The molecule has 0 aliphatic carbocycles. The van der Waals surface area contributed by atoms with Gasteiger partial charge in [-0.25, -0.2) is 4.98 Å². The molecule has 1 unspecified atom stereocenters. The summed E-state index contributed by atoms with van der Waals surface area (Å²) in [5, 5.41) is 12.3. The summed E-state index contributed by atoms with van der Waals surface area (Å²) < 4.78 is 15.5. The second-order valence-electron chi connectivity index (χ2n) is 4.45. The van der Waals surface area contributed by atoms with E-state index in [0.29, 0.717) is 37.9 Å². The minimum absolute atomic E-state index is 0.112. The lowest BCUT2D eigenvalue weighted by Gasteiger charge is -2.12. The number of ether oxygens (including phenoxy) is 3. The Morgan fingerprint density at radius 1 is 1.27 bits per heavy atom. The first-order valence-electron chi connectivity index (χ1n) is 7.38. The first-order valence-corrected chi connectivity index (χ1v) is 7.38. The largest absolute Gasteiger partial charge is 0.478 e. The van der Waals surface area contributed by atoms with E-state index < -0.39 is 6.10 Å². The van der Waals surface area contributed by atoms with Crippen molar-refractivity contribution in [3.05, 3.63) is 23.9 Å². The number of carbonyl (C=O) groups is 1. The van der Waals surface area contributed by atoms with Gasteiger partial charge in [0, 0.05) is 25.4 Å². The van der Waals surface area contributed by atoms with Crippen molar-refractivity contribution < 1.29 is 24.1 Å². The molecule has 0 aliphatic heterocycles. The first kappa shape index (κ1) is 18.3. The summed E-state index contributed by atoms with van der Waals surface area (Å²) in [7, 11) is 0. The molecule has 1 atom stereocenters. The molecule has 1 amide bonds. The van der Waals surface area contributed by atoms with Crippen molar-refractivity contribution in [2.45, 2.75) is 20.0 Å². The summed E-state index contributed by atoms with van der Waals surface area (Å²) >= 11 is 0. The number of nitrogens with one attached hydrogen (secondary N) is 1. The standard InChI is InChI=1S/C15H24N2O5/c1-3-20-7-8-21-11-13(18)10-17-15(19)12-5-6-14(16-9-12)22-4-2/h5-6,9,13,18H,3-4,7-8,10-11H2,1-2H3,(H,17,19). The first-order chi connectivity index (χ1) is 10.7. The number of amides is 1. The summed E-state index contributed by atoms with van der Waals surface area (Å²) in [4.78, 5) is 15.9. The van der Waals surface area contributed by atoms with Gasteiger partial charge in [-0.05, 0) is 19.9 Å². The van der Waals surface area contributed by atoms with Gasteiger partial charge in [-0.3, -0.25) is 4.79 Å². The number of aliphatic hydroxyl groups excluding tert-OH is 1. The molecule has 1 aromatic heterocycles. The monoisotopic (exact) mass is 312 g/mol. The molecule has 1 rings (SSSR count). The number of hydrogen-bond acceptors (Lipinski definition) is 6. The van der Waals surface area contributed by atoms with Gasteiger partial charge in [-0.2, -0.15) is 0 Å².